The van der Waals surface area contributed by atoms with E-state index in [9.17, 15) is 0 Å². The topological polar surface area (TPSA) is 0 Å². The molecule has 0 radical (unpaired) electrons. The fourth-order valence-corrected chi connectivity index (χ4v) is 0.824. The van der Waals surface area contributed by atoms with Crippen LogP contribution in [0.2, 0.25) is 0 Å². The lowest BCUT2D eigenvalue weighted by Crippen LogP contribution is -1.77. The molecule has 0 nitrogen and oxygen atoms in total. The van der Waals surface area contributed by atoms with Crippen LogP contribution in [0, 0.1) is 6.92 Å². The molecule has 12 heavy (non-hydrogen) atoms. The summed E-state index contributed by atoms with van der Waals surface area (Å²) in [6, 6.07) is 8.66. The third-order valence-electron chi connectivity index (χ3n) is 1.53. The Morgan fingerprint density at radius 3 is 1.75 bits per heavy atom. The van der Waals surface area contributed by atoms with E-state index >= 15 is 0 Å². The van der Waals surface area contributed by atoms with Gasteiger partial charge >= 0.3 is 0 Å². The molecule has 0 bridgehead atoms. The Bertz CT molecular complexity index is 177. The van der Waals surface area contributed by atoms with Crippen LogP contribution in [0.1, 0.15) is 31.9 Å². The lowest BCUT2D eigenvalue weighted by atomic mass is 10.1. The monoisotopic (exact) mass is 170 g/mol. The standard InChI is InChI=1S/C9H12.C2H6.FH/c1-3-9-6-4-8(2)5-7-9;1-2;/h4-7H,3H2,1-2H3;1-2H3;1H. The molecule has 1 rings (SSSR count). The summed E-state index contributed by atoms with van der Waals surface area (Å²) >= 11 is 0. The summed E-state index contributed by atoms with van der Waals surface area (Å²) in [6.07, 6.45) is 1.14. The summed E-state index contributed by atoms with van der Waals surface area (Å²) < 4.78 is 0. The first-order chi connectivity index (χ1) is 5.33. The zero-order valence-corrected chi connectivity index (χ0v) is 8.42. The van der Waals surface area contributed by atoms with Crippen LogP contribution < -0.4 is 0 Å². The molecule has 0 heterocycles. The first kappa shape index (κ1) is 13.7. The van der Waals surface area contributed by atoms with E-state index in [2.05, 4.69) is 38.1 Å². The summed E-state index contributed by atoms with van der Waals surface area (Å²) in [6.45, 7) is 8.28. The van der Waals surface area contributed by atoms with Crippen LogP contribution in [0.5, 0.6) is 0 Å². The van der Waals surface area contributed by atoms with E-state index < -0.39 is 0 Å². The van der Waals surface area contributed by atoms with Crippen molar-refractivity contribution < 1.29 is 4.70 Å². The van der Waals surface area contributed by atoms with E-state index in [-0.39, 0.29) is 4.70 Å². The van der Waals surface area contributed by atoms with Crippen molar-refractivity contribution in [3.05, 3.63) is 35.4 Å². The van der Waals surface area contributed by atoms with Gasteiger partial charge in [0.05, 0.1) is 0 Å². The molecule has 0 atom stereocenters. The van der Waals surface area contributed by atoms with Crippen molar-refractivity contribution in [1.29, 1.82) is 0 Å². The first-order valence-corrected chi connectivity index (χ1v) is 4.38. The fourth-order valence-electron chi connectivity index (χ4n) is 0.824. The van der Waals surface area contributed by atoms with E-state index in [0.717, 1.165) is 6.42 Å². The van der Waals surface area contributed by atoms with Gasteiger partial charge in [0, 0.05) is 0 Å². The van der Waals surface area contributed by atoms with E-state index in [1.54, 1.807) is 0 Å². The van der Waals surface area contributed by atoms with Gasteiger partial charge < -0.3 is 0 Å². The largest absolute Gasteiger partial charge is 0.269 e. The molecule has 1 aromatic rings. The van der Waals surface area contributed by atoms with Gasteiger partial charge in [0.1, 0.15) is 0 Å². The molecule has 0 aliphatic carbocycles. The average Bonchev–Trinajstić information content (AvgIpc) is 2.10. The minimum absolute atomic E-state index is 0. The van der Waals surface area contributed by atoms with Gasteiger partial charge in [-0.05, 0) is 18.9 Å². The van der Waals surface area contributed by atoms with E-state index in [0.29, 0.717) is 0 Å². The summed E-state index contributed by atoms with van der Waals surface area (Å²) in [5.74, 6) is 0. The highest BCUT2D eigenvalue weighted by atomic mass is 19.0. The van der Waals surface area contributed by atoms with Crippen molar-refractivity contribution in [2.24, 2.45) is 0 Å². The molecule has 0 aromatic heterocycles. The summed E-state index contributed by atoms with van der Waals surface area (Å²) in [5, 5.41) is 0. The maximum Gasteiger partial charge on any atom is -0.0307 e. The van der Waals surface area contributed by atoms with Crippen LogP contribution in [0.4, 0.5) is 4.70 Å². The lowest BCUT2D eigenvalue weighted by molar-refractivity contribution is 1.11. The number of hydrogen-bond acceptors (Lipinski definition) is 0. The molecule has 0 N–H and O–H groups in total. The van der Waals surface area contributed by atoms with E-state index in [4.69, 9.17) is 0 Å². The van der Waals surface area contributed by atoms with E-state index in [1.165, 1.54) is 11.1 Å². The molecule has 1 aromatic carbocycles. The quantitative estimate of drug-likeness (QED) is 0.602. The molecule has 0 amide bonds. The molecule has 0 unspecified atom stereocenters. The first-order valence-electron chi connectivity index (χ1n) is 4.38. The Morgan fingerprint density at radius 2 is 1.42 bits per heavy atom. The number of benzene rings is 1. The number of rotatable bonds is 1. The summed E-state index contributed by atoms with van der Waals surface area (Å²) in [7, 11) is 0. The Labute approximate surface area is 75.0 Å². The predicted molar refractivity (Wildman–Crippen MR) is 54.4 cm³/mol. The highest BCUT2D eigenvalue weighted by Gasteiger charge is 1.84. The van der Waals surface area contributed by atoms with Gasteiger partial charge in [0.15, 0.2) is 0 Å². The van der Waals surface area contributed by atoms with Crippen molar-refractivity contribution in [1.82, 2.24) is 0 Å². The zero-order valence-electron chi connectivity index (χ0n) is 8.42. The van der Waals surface area contributed by atoms with Gasteiger partial charge in [0.25, 0.3) is 0 Å². The van der Waals surface area contributed by atoms with Gasteiger partial charge in [-0.2, -0.15) is 0 Å². The van der Waals surface area contributed by atoms with Crippen LogP contribution in [0.3, 0.4) is 0 Å². The van der Waals surface area contributed by atoms with Crippen LogP contribution in [0.25, 0.3) is 0 Å². The van der Waals surface area contributed by atoms with Crippen molar-refractivity contribution in [2.75, 3.05) is 0 Å². The van der Waals surface area contributed by atoms with Crippen LogP contribution in [-0.2, 0) is 6.42 Å². The highest BCUT2D eigenvalue weighted by molar-refractivity contribution is 5.20. The van der Waals surface area contributed by atoms with Crippen LogP contribution in [0.15, 0.2) is 24.3 Å². The van der Waals surface area contributed by atoms with Crippen molar-refractivity contribution in [3.63, 3.8) is 0 Å². The second-order valence-electron chi connectivity index (χ2n) is 2.34. The Balaban J connectivity index is 0. The smallest absolute Gasteiger partial charge is 0.0307 e. The molecule has 0 aliphatic heterocycles. The highest BCUT2D eigenvalue weighted by Crippen LogP contribution is 2.02. The molecule has 0 aliphatic rings. The maximum absolute atomic E-state index is 2.18. The molecule has 0 saturated heterocycles. The minimum Gasteiger partial charge on any atom is -0.269 e. The second kappa shape index (κ2) is 8.25. The van der Waals surface area contributed by atoms with Crippen LogP contribution in [-0.4, -0.2) is 0 Å². The summed E-state index contributed by atoms with van der Waals surface area (Å²) in [4.78, 5) is 0. The normalized spacial score (nSPS) is 7.67. The van der Waals surface area contributed by atoms with Gasteiger partial charge in [-0.1, -0.05) is 50.6 Å². The number of aryl methyl sites for hydroxylation is 2. The van der Waals surface area contributed by atoms with Crippen LogP contribution >= 0.6 is 0 Å². The van der Waals surface area contributed by atoms with Gasteiger partial charge in [-0.3, -0.25) is 4.70 Å². The SMILES string of the molecule is CC.CCc1ccc(C)cc1.F. The molecular formula is C11H19F. The maximum atomic E-state index is 2.18. The molecule has 70 valence electrons. The third-order valence-corrected chi connectivity index (χ3v) is 1.53. The fraction of sp³-hybridized carbons (Fsp3) is 0.455. The molecule has 0 fully saturated rings. The molecular weight excluding hydrogens is 151 g/mol. The molecule has 1 heteroatoms. The number of hydrogen-bond donors (Lipinski definition) is 0. The molecule has 0 spiro atoms. The zero-order chi connectivity index (χ0) is 8.69. The van der Waals surface area contributed by atoms with Gasteiger partial charge in [-0.15, -0.1) is 0 Å². The Morgan fingerprint density at radius 1 is 1.00 bits per heavy atom. The second-order valence-corrected chi connectivity index (χ2v) is 2.34. The Hall–Kier alpha value is -0.850. The molecule has 0 saturated carbocycles. The van der Waals surface area contributed by atoms with E-state index in [1.807, 2.05) is 13.8 Å². The van der Waals surface area contributed by atoms with Gasteiger partial charge in [0.2, 0.25) is 0 Å². The summed E-state index contributed by atoms with van der Waals surface area (Å²) in [5.41, 5.74) is 2.76. The Kier molecular flexibility index (Phi) is 9.43. The average molecular weight is 170 g/mol. The minimum atomic E-state index is 0. The third kappa shape index (κ3) is 4.89. The predicted octanol–water partition coefficient (Wildman–Crippen LogP) is 3.74. The van der Waals surface area contributed by atoms with Crippen molar-refractivity contribution >= 4 is 0 Å². The van der Waals surface area contributed by atoms with Crippen molar-refractivity contribution in [3.8, 4) is 0 Å². The number of halogens is 1. The van der Waals surface area contributed by atoms with Gasteiger partial charge in [-0.25, -0.2) is 0 Å². The van der Waals surface area contributed by atoms with Crippen molar-refractivity contribution in [2.45, 2.75) is 34.1 Å². The lowest BCUT2D eigenvalue weighted by Gasteiger charge is -1.94.